The van der Waals surface area contributed by atoms with Gasteiger partial charge >= 0.3 is 11.9 Å². The van der Waals surface area contributed by atoms with Crippen LogP contribution < -0.4 is 0 Å². The molecule has 16 heavy (non-hydrogen) atoms. The van der Waals surface area contributed by atoms with Crippen molar-refractivity contribution in [2.75, 3.05) is 0 Å². The normalized spacial score (nSPS) is 14.0. The topological polar surface area (TPSA) is 52.6 Å². The van der Waals surface area contributed by atoms with Gasteiger partial charge < -0.3 is 0 Å². The first-order valence-corrected chi connectivity index (χ1v) is 5.95. The number of carbonyl (C=O) groups excluding carboxylic acids is 2. The molecule has 0 aromatic rings. The van der Waals surface area contributed by atoms with Crippen LogP contribution in [0.4, 0.5) is 0 Å². The molecule has 0 saturated heterocycles. The lowest BCUT2D eigenvalue weighted by Gasteiger charge is -2.10. The zero-order valence-corrected chi connectivity index (χ0v) is 10.6. The molecule has 0 aliphatic rings. The van der Waals surface area contributed by atoms with Gasteiger partial charge in [-0.15, -0.1) is 0 Å². The molecule has 0 aliphatic heterocycles. The second-order valence-corrected chi connectivity index (χ2v) is 4.18. The van der Waals surface area contributed by atoms with Gasteiger partial charge in [-0.05, 0) is 12.8 Å². The van der Waals surface area contributed by atoms with E-state index < -0.39 is 11.9 Å². The smallest absolute Gasteiger partial charge is 0.247 e. The molecule has 0 heterocycles. The molecule has 4 nitrogen and oxygen atoms in total. The molecule has 4 heteroatoms. The molecule has 0 aliphatic carbocycles. The van der Waals surface area contributed by atoms with Crippen LogP contribution in [0.25, 0.3) is 0 Å². The Bertz CT molecular complexity index is 201. The van der Waals surface area contributed by atoms with E-state index in [2.05, 4.69) is 9.78 Å². The van der Waals surface area contributed by atoms with Crippen molar-refractivity contribution in [1.29, 1.82) is 0 Å². The molecule has 2 unspecified atom stereocenters. The first-order valence-electron chi connectivity index (χ1n) is 5.95. The quantitative estimate of drug-likeness (QED) is 0.520. The molecular weight excluding hydrogens is 208 g/mol. The first-order chi connectivity index (χ1) is 7.52. The minimum Gasteiger partial charge on any atom is -0.247 e. The van der Waals surface area contributed by atoms with E-state index in [1.54, 1.807) is 13.8 Å². The summed E-state index contributed by atoms with van der Waals surface area (Å²) < 4.78 is 0. The molecule has 0 saturated carbocycles. The molecule has 0 fully saturated rings. The van der Waals surface area contributed by atoms with Crippen molar-refractivity contribution in [3.05, 3.63) is 0 Å². The molecule has 0 aromatic carbocycles. The Labute approximate surface area is 97.2 Å². The molecule has 0 spiro atoms. The summed E-state index contributed by atoms with van der Waals surface area (Å²) in [6, 6.07) is 0. The van der Waals surface area contributed by atoms with Gasteiger partial charge in [-0.1, -0.05) is 40.5 Å². The highest BCUT2D eigenvalue weighted by molar-refractivity contribution is 5.75. The van der Waals surface area contributed by atoms with E-state index in [1.165, 1.54) is 0 Å². The Kier molecular flexibility index (Phi) is 7.60. The predicted octanol–water partition coefficient (Wildman–Crippen LogP) is 2.86. The van der Waals surface area contributed by atoms with Crippen LogP contribution in [0.5, 0.6) is 0 Å². The fourth-order valence-corrected chi connectivity index (χ4v) is 1.35. The third-order valence-electron chi connectivity index (χ3n) is 2.45. The minimum absolute atomic E-state index is 0.223. The fraction of sp³-hybridized carbons (Fsp3) is 0.833. The van der Waals surface area contributed by atoms with Gasteiger partial charge in [-0.3, -0.25) is 0 Å². The van der Waals surface area contributed by atoms with Gasteiger partial charge in [0.25, 0.3) is 0 Å². The zero-order chi connectivity index (χ0) is 12.6. The van der Waals surface area contributed by atoms with E-state index in [0.717, 1.165) is 25.7 Å². The maximum Gasteiger partial charge on any atom is 0.358 e. The second-order valence-electron chi connectivity index (χ2n) is 4.18. The number of hydrogen-bond acceptors (Lipinski definition) is 4. The average Bonchev–Trinajstić information content (AvgIpc) is 2.25. The molecular formula is C12H22O4. The number of hydrogen-bond donors (Lipinski definition) is 0. The summed E-state index contributed by atoms with van der Waals surface area (Å²) in [5.74, 6) is -1.39. The Morgan fingerprint density at radius 2 is 1.19 bits per heavy atom. The summed E-state index contributed by atoms with van der Waals surface area (Å²) in [6.45, 7) is 7.49. The van der Waals surface area contributed by atoms with Gasteiger partial charge in [0, 0.05) is 0 Å². The summed E-state index contributed by atoms with van der Waals surface area (Å²) in [4.78, 5) is 31.6. The largest absolute Gasteiger partial charge is 0.358 e. The van der Waals surface area contributed by atoms with Gasteiger partial charge in [0.1, 0.15) is 0 Å². The lowest BCUT2D eigenvalue weighted by Crippen LogP contribution is -2.21. The molecule has 0 N–H and O–H groups in total. The highest BCUT2D eigenvalue weighted by Crippen LogP contribution is 2.10. The highest BCUT2D eigenvalue weighted by Gasteiger charge is 2.20. The third-order valence-corrected chi connectivity index (χ3v) is 2.45. The minimum atomic E-state index is -0.473. The van der Waals surface area contributed by atoms with Gasteiger partial charge in [-0.25, -0.2) is 19.4 Å². The van der Waals surface area contributed by atoms with E-state index in [4.69, 9.17) is 0 Å². The van der Waals surface area contributed by atoms with Crippen LogP contribution in [-0.2, 0) is 19.4 Å². The maximum absolute atomic E-state index is 11.3. The van der Waals surface area contributed by atoms with E-state index >= 15 is 0 Å². The predicted molar refractivity (Wildman–Crippen MR) is 60.3 cm³/mol. The van der Waals surface area contributed by atoms with Crippen LogP contribution in [0.3, 0.4) is 0 Å². The summed E-state index contributed by atoms with van der Waals surface area (Å²) in [7, 11) is 0. The molecule has 0 amide bonds. The van der Waals surface area contributed by atoms with Crippen LogP contribution in [0, 0.1) is 11.8 Å². The highest BCUT2D eigenvalue weighted by atomic mass is 17.2. The van der Waals surface area contributed by atoms with Crippen LogP contribution >= 0.6 is 0 Å². The van der Waals surface area contributed by atoms with Crippen LogP contribution in [-0.4, -0.2) is 11.9 Å². The SMILES string of the molecule is CCCC(C)C(=O)OOC(=O)C(C)CCC. The Hall–Kier alpha value is -1.06. The maximum atomic E-state index is 11.3. The summed E-state index contributed by atoms with van der Waals surface area (Å²) in [5.41, 5.74) is 0. The van der Waals surface area contributed by atoms with E-state index in [9.17, 15) is 9.59 Å². The van der Waals surface area contributed by atoms with Crippen molar-refractivity contribution in [2.24, 2.45) is 11.8 Å². The standard InChI is InChI=1S/C12H22O4/c1-5-7-9(3)11(13)15-16-12(14)10(4)8-6-2/h9-10H,5-8H2,1-4H3. The lowest BCUT2D eigenvalue weighted by molar-refractivity contribution is -0.264. The Balaban J connectivity index is 3.87. The van der Waals surface area contributed by atoms with Crippen LogP contribution in [0.15, 0.2) is 0 Å². The van der Waals surface area contributed by atoms with E-state index in [-0.39, 0.29) is 11.8 Å². The van der Waals surface area contributed by atoms with Crippen molar-refractivity contribution in [3.63, 3.8) is 0 Å². The van der Waals surface area contributed by atoms with Gasteiger partial charge in [-0.2, -0.15) is 0 Å². The molecule has 0 radical (unpaired) electrons. The van der Waals surface area contributed by atoms with Crippen molar-refractivity contribution < 1.29 is 19.4 Å². The van der Waals surface area contributed by atoms with Crippen LogP contribution in [0.1, 0.15) is 53.4 Å². The van der Waals surface area contributed by atoms with Gasteiger partial charge in [0.15, 0.2) is 0 Å². The Morgan fingerprint density at radius 3 is 1.44 bits per heavy atom. The van der Waals surface area contributed by atoms with Gasteiger partial charge in [0.05, 0.1) is 11.8 Å². The fourth-order valence-electron chi connectivity index (χ4n) is 1.35. The van der Waals surface area contributed by atoms with E-state index in [0.29, 0.717) is 0 Å². The summed E-state index contributed by atoms with van der Waals surface area (Å²) >= 11 is 0. The molecule has 0 aromatic heterocycles. The lowest BCUT2D eigenvalue weighted by atomic mass is 10.1. The van der Waals surface area contributed by atoms with Crippen molar-refractivity contribution in [3.8, 4) is 0 Å². The second kappa shape index (κ2) is 8.13. The van der Waals surface area contributed by atoms with Crippen molar-refractivity contribution in [1.82, 2.24) is 0 Å². The number of carbonyl (C=O) groups is 2. The summed E-state index contributed by atoms with van der Waals surface area (Å²) in [6.07, 6.45) is 3.27. The molecule has 94 valence electrons. The zero-order valence-electron chi connectivity index (χ0n) is 10.6. The average molecular weight is 230 g/mol. The number of rotatable bonds is 6. The van der Waals surface area contributed by atoms with Crippen molar-refractivity contribution in [2.45, 2.75) is 53.4 Å². The molecule has 0 bridgehead atoms. The van der Waals surface area contributed by atoms with Crippen LogP contribution in [0.2, 0.25) is 0 Å². The van der Waals surface area contributed by atoms with E-state index in [1.807, 2.05) is 13.8 Å². The Morgan fingerprint density at radius 1 is 0.875 bits per heavy atom. The van der Waals surface area contributed by atoms with Crippen molar-refractivity contribution >= 4 is 11.9 Å². The third kappa shape index (κ3) is 5.73. The molecule has 2 atom stereocenters. The first kappa shape index (κ1) is 14.9. The molecule has 0 rings (SSSR count). The monoisotopic (exact) mass is 230 g/mol. The summed E-state index contributed by atoms with van der Waals surface area (Å²) in [5, 5.41) is 0. The van der Waals surface area contributed by atoms with Gasteiger partial charge in [0.2, 0.25) is 0 Å².